The van der Waals surface area contributed by atoms with Crippen molar-refractivity contribution < 1.29 is 0 Å². The van der Waals surface area contributed by atoms with Crippen LogP contribution in [-0.2, 0) is 0 Å². The molecule has 2 N–H and O–H groups in total. The highest BCUT2D eigenvalue weighted by Crippen LogP contribution is 2.17. The molecule has 0 radical (unpaired) electrons. The zero-order valence-corrected chi connectivity index (χ0v) is 8.00. The molecule has 0 atom stereocenters. The third kappa shape index (κ3) is 2.20. The molecule has 1 aromatic rings. The first kappa shape index (κ1) is 9.79. The zero-order valence-electron chi connectivity index (χ0n) is 5.60. The van der Waals surface area contributed by atoms with Gasteiger partial charge in [-0.2, -0.15) is 0 Å². The number of nitrogen functional groups attached to an aromatic ring is 1. The fourth-order valence-corrected chi connectivity index (χ4v) is 1.01. The first-order chi connectivity index (χ1) is 4.20. The van der Waals surface area contributed by atoms with E-state index in [1.54, 1.807) is 0 Å². The molecular formula is C7H9BrClN. The van der Waals surface area contributed by atoms with E-state index >= 15 is 0 Å². The first-order valence-electron chi connectivity index (χ1n) is 2.72. The Morgan fingerprint density at radius 2 is 2.00 bits per heavy atom. The summed E-state index contributed by atoms with van der Waals surface area (Å²) in [5, 5.41) is 0. The fraction of sp³-hybridized carbons (Fsp3) is 0.143. The summed E-state index contributed by atoms with van der Waals surface area (Å²) in [6, 6.07) is 5.77. The Hall–Kier alpha value is -0.210. The highest BCUT2D eigenvalue weighted by Gasteiger charge is 1.91. The summed E-state index contributed by atoms with van der Waals surface area (Å²) in [5.41, 5.74) is 7.51. The first-order valence-corrected chi connectivity index (χ1v) is 3.51. The average Bonchev–Trinajstić information content (AvgIpc) is 1.80. The van der Waals surface area contributed by atoms with E-state index in [0.717, 1.165) is 10.2 Å². The molecule has 0 bridgehead atoms. The van der Waals surface area contributed by atoms with Crippen LogP contribution in [-0.4, -0.2) is 0 Å². The van der Waals surface area contributed by atoms with Crippen molar-refractivity contribution in [3.8, 4) is 0 Å². The van der Waals surface area contributed by atoms with Crippen LogP contribution in [0.3, 0.4) is 0 Å². The van der Waals surface area contributed by atoms with Gasteiger partial charge in [-0.1, -0.05) is 22.0 Å². The molecule has 0 heterocycles. The quantitative estimate of drug-likeness (QED) is 0.671. The largest absolute Gasteiger partial charge is 0.399 e. The Morgan fingerprint density at radius 1 is 1.40 bits per heavy atom. The van der Waals surface area contributed by atoms with E-state index in [0.29, 0.717) is 0 Å². The smallest absolute Gasteiger partial charge is 0.0325 e. The van der Waals surface area contributed by atoms with Gasteiger partial charge in [0.1, 0.15) is 0 Å². The second-order valence-electron chi connectivity index (χ2n) is 2.01. The number of hydrogen-bond donors (Lipinski definition) is 1. The minimum absolute atomic E-state index is 0. The van der Waals surface area contributed by atoms with E-state index < -0.39 is 0 Å². The van der Waals surface area contributed by atoms with Crippen molar-refractivity contribution in [1.29, 1.82) is 0 Å². The summed E-state index contributed by atoms with van der Waals surface area (Å²) in [4.78, 5) is 0. The minimum atomic E-state index is 0. The van der Waals surface area contributed by atoms with Crippen LogP contribution in [0, 0.1) is 6.92 Å². The third-order valence-electron chi connectivity index (χ3n) is 1.20. The topological polar surface area (TPSA) is 26.0 Å². The third-order valence-corrected chi connectivity index (χ3v) is 2.05. The Kier molecular flexibility index (Phi) is 3.76. The summed E-state index contributed by atoms with van der Waals surface area (Å²) < 4.78 is 1.07. The molecule has 0 amide bonds. The SMILES string of the molecule is Cc1ccc(N)cc1Br.Cl. The van der Waals surface area contributed by atoms with E-state index in [2.05, 4.69) is 15.9 Å². The van der Waals surface area contributed by atoms with Crippen molar-refractivity contribution in [2.24, 2.45) is 0 Å². The number of anilines is 1. The summed E-state index contributed by atoms with van der Waals surface area (Å²) in [7, 11) is 0. The van der Waals surface area contributed by atoms with Crippen LogP contribution >= 0.6 is 28.3 Å². The number of rotatable bonds is 0. The highest BCUT2D eigenvalue weighted by molar-refractivity contribution is 9.10. The standard InChI is InChI=1S/C7H8BrN.ClH/c1-5-2-3-6(9)4-7(5)8;/h2-4H,9H2,1H3;1H. The van der Waals surface area contributed by atoms with Gasteiger partial charge in [0.25, 0.3) is 0 Å². The lowest BCUT2D eigenvalue weighted by atomic mass is 10.2. The van der Waals surface area contributed by atoms with Gasteiger partial charge >= 0.3 is 0 Å². The maximum absolute atomic E-state index is 5.50. The molecule has 3 heteroatoms. The second kappa shape index (κ2) is 3.84. The molecule has 0 saturated heterocycles. The molecule has 0 aliphatic rings. The van der Waals surface area contributed by atoms with Crippen molar-refractivity contribution in [1.82, 2.24) is 0 Å². The predicted octanol–water partition coefficient (Wildman–Crippen LogP) is 2.76. The maximum Gasteiger partial charge on any atom is 0.0325 e. The summed E-state index contributed by atoms with van der Waals surface area (Å²) in [6.07, 6.45) is 0. The van der Waals surface area contributed by atoms with Crippen LogP contribution in [0.2, 0.25) is 0 Å². The molecular weight excluding hydrogens is 213 g/mol. The van der Waals surface area contributed by atoms with Crippen LogP contribution in [0.5, 0.6) is 0 Å². The lowest BCUT2D eigenvalue weighted by Crippen LogP contribution is -1.84. The Morgan fingerprint density at radius 3 is 2.40 bits per heavy atom. The van der Waals surface area contributed by atoms with Crippen molar-refractivity contribution in [2.75, 3.05) is 5.73 Å². The summed E-state index contributed by atoms with van der Waals surface area (Å²) in [6.45, 7) is 2.03. The predicted molar refractivity (Wildman–Crippen MR) is 50.5 cm³/mol. The van der Waals surface area contributed by atoms with E-state index in [1.165, 1.54) is 5.56 Å². The molecule has 10 heavy (non-hydrogen) atoms. The van der Waals surface area contributed by atoms with Gasteiger partial charge in [-0.25, -0.2) is 0 Å². The van der Waals surface area contributed by atoms with Crippen LogP contribution in [0.4, 0.5) is 5.69 Å². The molecule has 0 spiro atoms. The van der Waals surface area contributed by atoms with Crippen molar-refractivity contribution >= 4 is 34.0 Å². The molecule has 1 aromatic carbocycles. The monoisotopic (exact) mass is 221 g/mol. The molecule has 0 aliphatic carbocycles. The second-order valence-corrected chi connectivity index (χ2v) is 2.86. The van der Waals surface area contributed by atoms with Crippen LogP contribution in [0.15, 0.2) is 22.7 Å². The van der Waals surface area contributed by atoms with E-state index in [-0.39, 0.29) is 12.4 Å². The summed E-state index contributed by atoms with van der Waals surface area (Å²) >= 11 is 3.37. The molecule has 1 rings (SSSR count). The van der Waals surface area contributed by atoms with E-state index in [1.807, 2.05) is 25.1 Å². The van der Waals surface area contributed by atoms with Gasteiger partial charge in [0.15, 0.2) is 0 Å². The fourth-order valence-electron chi connectivity index (χ4n) is 0.609. The Bertz CT molecular complexity index is 225. The lowest BCUT2D eigenvalue weighted by molar-refractivity contribution is 1.43. The number of nitrogens with two attached hydrogens (primary N) is 1. The van der Waals surface area contributed by atoms with Crippen molar-refractivity contribution in [2.45, 2.75) is 6.92 Å². The van der Waals surface area contributed by atoms with Gasteiger partial charge in [-0.15, -0.1) is 12.4 Å². The number of hydrogen-bond acceptors (Lipinski definition) is 1. The normalized spacial score (nSPS) is 8.60. The number of aryl methyl sites for hydroxylation is 1. The van der Waals surface area contributed by atoms with Crippen molar-refractivity contribution in [3.05, 3.63) is 28.2 Å². The Balaban J connectivity index is 0.000000810. The van der Waals surface area contributed by atoms with Crippen LogP contribution in [0.25, 0.3) is 0 Å². The molecule has 0 aliphatic heterocycles. The van der Waals surface area contributed by atoms with Crippen LogP contribution in [0.1, 0.15) is 5.56 Å². The molecule has 0 aromatic heterocycles. The van der Waals surface area contributed by atoms with E-state index in [4.69, 9.17) is 5.73 Å². The van der Waals surface area contributed by atoms with Gasteiger partial charge in [0, 0.05) is 10.2 Å². The number of benzene rings is 1. The van der Waals surface area contributed by atoms with Gasteiger partial charge < -0.3 is 5.73 Å². The van der Waals surface area contributed by atoms with Gasteiger partial charge in [0.05, 0.1) is 0 Å². The van der Waals surface area contributed by atoms with E-state index in [9.17, 15) is 0 Å². The lowest BCUT2D eigenvalue weighted by Gasteiger charge is -1.96. The zero-order chi connectivity index (χ0) is 6.85. The molecule has 56 valence electrons. The van der Waals surface area contributed by atoms with Crippen molar-refractivity contribution in [3.63, 3.8) is 0 Å². The van der Waals surface area contributed by atoms with Gasteiger partial charge in [-0.3, -0.25) is 0 Å². The highest BCUT2D eigenvalue weighted by atomic mass is 79.9. The average molecular weight is 223 g/mol. The van der Waals surface area contributed by atoms with Crippen LogP contribution < -0.4 is 5.73 Å². The molecule has 0 saturated carbocycles. The molecule has 0 unspecified atom stereocenters. The summed E-state index contributed by atoms with van der Waals surface area (Å²) in [5.74, 6) is 0. The number of halogens is 2. The Labute approximate surface area is 75.2 Å². The minimum Gasteiger partial charge on any atom is -0.399 e. The maximum atomic E-state index is 5.50. The molecule has 0 fully saturated rings. The molecule has 1 nitrogen and oxygen atoms in total. The van der Waals surface area contributed by atoms with Gasteiger partial charge in [-0.05, 0) is 24.6 Å². The van der Waals surface area contributed by atoms with Gasteiger partial charge in [0.2, 0.25) is 0 Å².